The molecule has 2 nitrogen and oxygen atoms in total. The fraction of sp³-hybridized carbons (Fsp3) is 0.429. The average molecular weight is 309 g/mol. The quantitative estimate of drug-likeness (QED) is 0.832. The summed E-state index contributed by atoms with van der Waals surface area (Å²) in [4.78, 5) is 0. The summed E-state index contributed by atoms with van der Waals surface area (Å²) in [6, 6.07) is 20.3. The normalized spacial score (nSPS) is 22.5. The van der Waals surface area contributed by atoms with E-state index in [4.69, 9.17) is 4.74 Å². The van der Waals surface area contributed by atoms with Crippen molar-refractivity contribution in [1.82, 2.24) is 5.32 Å². The Labute approximate surface area is 139 Å². The summed E-state index contributed by atoms with van der Waals surface area (Å²) in [5, 5.41) is 3.88. The van der Waals surface area contributed by atoms with Gasteiger partial charge in [-0.05, 0) is 48.9 Å². The minimum atomic E-state index is 0.333. The zero-order valence-corrected chi connectivity index (χ0v) is 14.2. The van der Waals surface area contributed by atoms with Crippen LogP contribution in [0.1, 0.15) is 55.7 Å². The number of rotatable bonds is 5. The first kappa shape index (κ1) is 16.1. The van der Waals surface area contributed by atoms with E-state index in [0.717, 1.165) is 5.75 Å². The number of nitrogens with one attached hydrogen (secondary N) is 1. The fourth-order valence-corrected chi connectivity index (χ4v) is 3.76. The van der Waals surface area contributed by atoms with Gasteiger partial charge in [-0.15, -0.1) is 0 Å². The van der Waals surface area contributed by atoms with E-state index in [1.54, 1.807) is 7.11 Å². The van der Waals surface area contributed by atoms with Crippen molar-refractivity contribution >= 4 is 0 Å². The Morgan fingerprint density at radius 3 is 2.57 bits per heavy atom. The topological polar surface area (TPSA) is 21.3 Å². The molecular formula is C21H27NO. The molecule has 0 spiro atoms. The molecule has 122 valence electrons. The zero-order valence-electron chi connectivity index (χ0n) is 14.2. The molecule has 0 aromatic heterocycles. The summed E-state index contributed by atoms with van der Waals surface area (Å²) in [5.74, 6) is 1.55. The summed E-state index contributed by atoms with van der Waals surface area (Å²) in [6.45, 7) is 2.26. The average Bonchev–Trinajstić information content (AvgIpc) is 2.63. The number of hydrogen-bond acceptors (Lipinski definition) is 2. The van der Waals surface area contributed by atoms with Gasteiger partial charge in [0.2, 0.25) is 0 Å². The van der Waals surface area contributed by atoms with Crippen molar-refractivity contribution in [1.29, 1.82) is 0 Å². The van der Waals surface area contributed by atoms with Crippen molar-refractivity contribution in [2.24, 2.45) is 0 Å². The van der Waals surface area contributed by atoms with E-state index in [1.807, 2.05) is 6.07 Å². The van der Waals surface area contributed by atoms with Gasteiger partial charge in [-0.25, -0.2) is 0 Å². The highest BCUT2D eigenvalue weighted by molar-refractivity contribution is 5.30. The van der Waals surface area contributed by atoms with E-state index in [-0.39, 0.29) is 0 Å². The highest BCUT2D eigenvalue weighted by Crippen LogP contribution is 2.34. The monoisotopic (exact) mass is 309 g/mol. The molecule has 23 heavy (non-hydrogen) atoms. The van der Waals surface area contributed by atoms with Gasteiger partial charge in [-0.3, -0.25) is 0 Å². The largest absolute Gasteiger partial charge is 0.497 e. The third kappa shape index (κ3) is 3.94. The molecule has 1 aliphatic carbocycles. The molecular weight excluding hydrogens is 282 g/mol. The van der Waals surface area contributed by atoms with Crippen LogP contribution >= 0.6 is 0 Å². The molecule has 1 aliphatic rings. The van der Waals surface area contributed by atoms with Crippen molar-refractivity contribution < 1.29 is 4.74 Å². The molecule has 0 aliphatic heterocycles. The van der Waals surface area contributed by atoms with Crippen LogP contribution in [0, 0.1) is 0 Å². The van der Waals surface area contributed by atoms with Crippen LogP contribution in [0.5, 0.6) is 5.75 Å². The van der Waals surface area contributed by atoms with Gasteiger partial charge < -0.3 is 10.1 Å². The summed E-state index contributed by atoms with van der Waals surface area (Å²) in [7, 11) is 1.73. The van der Waals surface area contributed by atoms with Crippen LogP contribution in [-0.2, 0) is 0 Å². The van der Waals surface area contributed by atoms with Gasteiger partial charge in [-0.2, -0.15) is 0 Å². The fourth-order valence-electron chi connectivity index (χ4n) is 3.76. The van der Waals surface area contributed by atoms with Gasteiger partial charge >= 0.3 is 0 Å². The predicted molar refractivity (Wildman–Crippen MR) is 96.0 cm³/mol. The van der Waals surface area contributed by atoms with Crippen molar-refractivity contribution in [2.75, 3.05) is 7.11 Å². The highest BCUT2D eigenvalue weighted by atomic mass is 16.5. The number of ether oxygens (including phenoxy) is 1. The molecule has 1 N–H and O–H groups in total. The van der Waals surface area contributed by atoms with Crippen LogP contribution in [0.2, 0.25) is 0 Å². The predicted octanol–water partition coefficient (Wildman–Crippen LogP) is 5.07. The van der Waals surface area contributed by atoms with Crippen molar-refractivity contribution in [3.8, 4) is 5.75 Å². The summed E-state index contributed by atoms with van der Waals surface area (Å²) < 4.78 is 5.36. The molecule has 0 amide bonds. The molecule has 3 rings (SSSR count). The van der Waals surface area contributed by atoms with E-state index in [2.05, 4.69) is 60.8 Å². The maximum absolute atomic E-state index is 5.36. The van der Waals surface area contributed by atoms with Crippen molar-refractivity contribution in [2.45, 2.75) is 50.6 Å². The second-order valence-electron chi connectivity index (χ2n) is 6.57. The molecule has 3 atom stereocenters. The van der Waals surface area contributed by atoms with E-state index >= 15 is 0 Å². The van der Waals surface area contributed by atoms with Gasteiger partial charge in [0.15, 0.2) is 0 Å². The summed E-state index contributed by atoms with van der Waals surface area (Å²) >= 11 is 0. The lowest BCUT2D eigenvalue weighted by Crippen LogP contribution is -2.38. The molecule has 0 saturated heterocycles. The van der Waals surface area contributed by atoms with Crippen LogP contribution in [0.3, 0.4) is 0 Å². The van der Waals surface area contributed by atoms with Gasteiger partial charge in [0.05, 0.1) is 7.11 Å². The first-order valence-corrected chi connectivity index (χ1v) is 8.73. The summed E-state index contributed by atoms with van der Waals surface area (Å²) in [5.41, 5.74) is 2.77. The lowest BCUT2D eigenvalue weighted by Gasteiger charge is -2.35. The van der Waals surface area contributed by atoms with E-state index < -0.39 is 0 Å². The maximum atomic E-state index is 5.36. The molecule has 0 heterocycles. The molecule has 1 saturated carbocycles. The van der Waals surface area contributed by atoms with Crippen LogP contribution < -0.4 is 10.1 Å². The lowest BCUT2D eigenvalue weighted by atomic mass is 9.79. The van der Waals surface area contributed by atoms with E-state index in [1.165, 1.54) is 36.8 Å². The molecule has 0 radical (unpaired) electrons. The zero-order chi connectivity index (χ0) is 16.1. The lowest BCUT2D eigenvalue weighted by molar-refractivity contribution is 0.305. The van der Waals surface area contributed by atoms with Crippen LogP contribution in [0.4, 0.5) is 0 Å². The Morgan fingerprint density at radius 2 is 1.78 bits per heavy atom. The molecule has 2 heteroatoms. The first-order chi connectivity index (χ1) is 11.3. The Hall–Kier alpha value is -1.80. The van der Waals surface area contributed by atoms with E-state index in [9.17, 15) is 0 Å². The second kappa shape index (κ2) is 7.65. The van der Waals surface area contributed by atoms with E-state index in [0.29, 0.717) is 18.0 Å². The minimum Gasteiger partial charge on any atom is -0.497 e. The number of hydrogen-bond donors (Lipinski definition) is 1. The van der Waals surface area contributed by atoms with Gasteiger partial charge in [0.1, 0.15) is 5.75 Å². The van der Waals surface area contributed by atoms with Gasteiger partial charge in [0, 0.05) is 12.1 Å². The number of methoxy groups -OCH3 is 1. The molecule has 1 fully saturated rings. The smallest absolute Gasteiger partial charge is 0.119 e. The molecule has 2 aromatic carbocycles. The molecule has 2 unspecified atom stereocenters. The SMILES string of the molecule is COc1cccc([C@@H](C)NC2CCCCC2c2ccccc2)c1. The standard InChI is InChI=1S/C21H27NO/c1-16(18-11-8-12-19(15-18)23-2)22-21-14-7-6-13-20(21)17-9-4-3-5-10-17/h3-5,8-12,15-16,20-22H,6-7,13-14H2,1-2H3/t16-,20?,21?/m1/s1. The molecule has 2 aromatic rings. The molecule has 0 bridgehead atoms. The van der Waals surface area contributed by atoms with Crippen LogP contribution in [-0.4, -0.2) is 13.2 Å². The minimum absolute atomic E-state index is 0.333. The van der Waals surface area contributed by atoms with Crippen molar-refractivity contribution in [3.63, 3.8) is 0 Å². The summed E-state index contributed by atoms with van der Waals surface area (Å²) in [6.07, 6.45) is 5.21. The third-order valence-electron chi connectivity index (χ3n) is 5.05. The Bertz CT molecular complexity index is 610. The second-order valence-corrected chi connectivity index (χ2v) is 6.57. The van der Waals surface area contributed by atoms with Crippen molar-refractivity contribution in [3.05, 3.63) is 65.7 Å². The maximum Gasteiger partial charge on any atom is 0.119 e. The first-order valence-electron chi connectivity index (χ1n) is 8.73. The van der Waals surface area contributed by atoms with Gasteiger partial charge in [0.25, 0.3) is 0 Å². The Balaban J connectivity index is 1.73. The highest BCUT2D eigenvalue weighted by Gasteiger charge is 2.27. The van der Waals surface area contributed by atoms with Crippen LogP contribution in [0.25, 0.3) is 0 Å². The Morgan fingerprint density at radius 1 is 1.00 bits per heavy atom. The number of benzene rings is 2. The van der Waals surface area contributed by atoms with Crippen LogP contribution in [0.15, 0.2) is 54.6 Å². The van der Waals surface area contributed by atoms with Gasteiger partial charge in [-0.1, -0.05) is 55.3 Å². The Kier molecular flexibility index (Phi) is 5.35. The third-order valence-corrected chi connectivity index (χ3v) is 5.05.